The summed E-state index contributed by atoms with van der Waals surface area (Å²) in [5.41, 5.74) is 11.2. The number of hydrogen-bond donors (Lipinski definition) is 2. The summed E-state index contributed by atoms with van der Waals surface area (Å²) in [6, 6.07) is 13.9. The molecule has 0 saturated carbocycles. The molecule has 5 heteroatoms. The highest BCUT2D eigenvalue weighted by molar-refractivity contribution is 6.13. The van der Waals surface area contributed by atoms with Crippen molar-refractivity contribution in [3.63, 3.8) is 0 Å². The van der Waals surface area contributed by atoms with Crippen LogP contribution in [0.25, 0.3) is 32.9 Å². The Balaban J connectivity index is 2.11. The van der Waals surface area contributed by atoms with Gasteiger partial charge in [-0.2, -0.15) is 0 Å². The van der Waals surface area contributed by atoms with Crippen LogP contribution in [-0.4, -0.2) is 23.6 Å². The topological polar surface area (TPSA) is 81.0 Å². The fourth-order valence-electron chi connectivity index (χ4n) is 3.71. The lowest BCUT2D eigenvalue weighted by Gasteiger charge is -2.17. The van der Waals surface area contributed by atoms with Gasteiger partial charge in [-0.15, -0.1) is 0 Å². The third kappa shape index (κ3) is 2.84. The molecule has 0 fully saturated rings. The number of hydrogen-bond acceptors (Lipinski definition) is 4. The number of fused-ring (bicyclic) bond motifs is 3. The minimum absolute atomic E-state index is 0.137. The van der Waals surface area contributed by atoms with E-state index in [0.29, 0.717) is 23.4 Å². The van der Waals surface area contributed by atoms with Crippen LogP contribution in [0.15, 0.2) is 53.5 Å². The molecule has 0 bridgehead atoms. The summed E-state index contributed by atoms with van der Waals surface area (Å²) >= 11 is 0. The number of rotatable bonds is 4. The molecule has 0 aliphatic rings. The number of H-pyrrole nitrogens is 1. The summed E-state index contributed by atoms with van der Waals surface area (Å²) in [7, 11) is 1.66. The van der Waals surface area contributed by atoms with E-state index in [0.717, 1.165) is 33.3 Å². The van der Waals surface area contributed by atoms with Crippen molar-refractivity contribution in [1.29, 1.82) is 0 Å². The van der Waals surface area contributed by atoms with E-state index in [1.165, 1.54) is 5.56 Å². The Morgan fingerprint density at radius 1 is 1.21 bits per heavy atom. The number of aromatic nitrogens is 2. The molecule has 5 nitrogen and oxygen atoms in total. The second kappa shape index (κ2) is 7.09. The van der Waals surface area contributed by atoms with Gasteiger partial charge in [0, 0.05) is 17.1 Å². The number of aromatic amines is 1. The Morgan fingerprint density at radius 2 is 1.96 bits per heavy atom. The van der Waals surface area contributed by atoms with Gasteiger partial charge in [-0.05, 0) is 54.3 Å². The first-order valence-electron chi connectivity index (χ1n) is 9.33. The number of nitrogens with one attached hydrogen (secondary N) is 1. The Kier molecular flexibility index (Phi) is 4.61. The first-order chi connectivity index (χ1) is 13.5. The molecule has 0 spiro atoms. The molecule has 0 radical (unpaired) electrons. The summed E-state index contributed by atoms with van der Waals surface area (Å²) in [6.07, 6.45) is 1.71. The van der Waals surface area contributed by atoms with Gasteiger partial charge in [0.15, 0.2) is 0 Å². The largest absolute Gasteiger partial charge is 0.496 e. The first-order valence-corrected chi connectivity index (χ1v) is 9.33. The lowest BCUT2D eigenvalue weighted by atomic mass is 9.93. The molecule has 142 valence electrons. The molecule has 0 aliphatic carbocycles. The molecule has 1 atom stereocenters. The van der Waals surface area contributed by atoms with Gasteiger partial charge in [0.2, 0.25) is 0 Å². The maximum Gasteiger partial charge on any atom is 0.257 e. The van der Waals surface area contributed by atoms with Crippen LogP contribution in [0.4, 0.5) is 0 Å². The molecule has 0 saturated heterocycles. The average Bonchev–Trinajstić information content (AvgIpc) is 2.74. The molecular weight excluding hydrogens is 350 g/mol. The summed E-state index contributed by atoms with van der Waals surface area (Å²) in [6.45, 7) is 4.68. The Bertz CT molecular complexity index is 1230. The van der Waals surface area contributed by atoms with Crippen molar-refractivity contribution in [2.75, 3.05) is 13.7 Å². The standard InChI is InChI=1S/C23H23N3O2/c1-13-11-18(28-3)19(16-8-6-15(7-9-16)14(2)12-24)20-21(13)26-23(27)17-5-4-10-25-22(17)20/h4-11,14H,12,24H2,1-3H3,(H,26,27)/t14-/m0/s1. The predicted octanol–water partition coefficient (Wildman–Crippen LogP) is 4.12. The summed E-state index contributed by atoms with van der Waals surface area (Å²) < 4.78 is 5.73. The minimum Gasteiger partial charge on any atom is -0.496 e. The van der Waals surface area contributed by atoms with Crippen molar-refractivity contribution in [3.05, 3.63) is 70.1 Å². The second-order valence-electron chi connectivity index (χ2n) is 7.13. The van der Waals surface area contributed by atoms with Crippen LogP contribution in [0.1, 0.15) is 24.0 Å². The van der Waals surface area contributed by atoms with Gasteiger partial charge in [-0.25, -0.2) is 0 Å². The number of aryl methyl sites for hydroxylation is 1. The first kappa shape index (κ1) is 18.2. The molecule has 2 heterocycles. The molecule has 0 unspecified atom stereocenters. The van der Waals surface area contributed by atoms with Crippen LogP contribution in [-0.2, 0) is 0 Å². The fraction of sp³-hybridized carbons (Fsp3) is 0.217. The molecule has 3 N–H and O–H groups in total. The van der Waals surface area contributed by atoms with Crippen LogP contribution in [0.5, 0.6) is 5.75 Å². The molecule has 4 aromatic rings. The Labute approximate surface area is 163 Å². The number of methoxy groups -OCH3 is 1. The Morgan fingerprint density at radius 3 is 2.64 bits per heavy atom. The van der Waals surface area contributed by atoms with Crippen LogP contribution < -0.4 is 16.0 Å². The van der Waals surface area contributed by atoms with E-state index in [-0.39, 0.29) is 5.56 Å². The molecule has 2 aromatic heterocycles. The van der Waals surface area contributed by atoms with Crippen molar-refractivity contribution in [2.45, 2.75) is 19.8 Å². The van der Waals surface area contributed by atoms with Gasteiger partial charge in [0.05, 0.1) is 23.5 Å². The SMILES string of the molecule is COc1cc(C)c2[nH]c(=O)c3cccnc3c2c1-c1ccc([C@@H](C)CN)cc1. The zero-order valence-electron chi connectivity index (χ0n) is 16.2. The third-order valence-electron chi connectivity index (χ3n) is 5.36. The van der Waals surface area contributed by atoms with E-state index in [9.17, 15) is 4.79 Å². The van der Waals surface area contributed by atoms with E-state index >= 15 is 0 Å². The Hall–Kier alpha value is -3.18. The summed E-state index contributed by atoms with van der Waals surface area (Å²) in [5.74, 6) is 1.05. The highest BCUT2D eigenvalue weighted by atomic mass is 16.5. The maximum atomic E-state index is 12.6. The molecular formula is C23H23N3O2. The van der Waals surface area contributed by atoms with Crippen molar-refractivity contribution in [2.24, 2.45) is 5.73 Å². The van der Waals surface area contributed by atoms with Crippen LogP contribution >= 0.6 is 0 Å². The van der Waals surface area contributed by atoms with E-state index in [4.69, 9.17) is 10.5 Å². The van der Waals surface area contributed by atoms with Crippen LogP contribution in [0.2, 0.25) is 0 Å². The van der Waals surface area contributed by atoms with E-state index in [1.54, 1.807) is 25.4 Å². The van der Waals surface area contributed by atoms with Gasteiger partial charge in [-0.3, -0.25) is 9.78 Å². The van der Waals surface area contributed by atoms with E-state index in [2.05, 4.69) is 41.2 Å². The second-order valence-corrected chi connectivity index (χ2v) is 7.13. The minimum atomic E-state index is -0.137. The molecule has 4 rings (SSSR count). The van der Waals surface area contributed by atoms with Crippen molar-refractivity contribution in [3.8, 4) is 16.9 Å². The van der Waals surface area contributed by atoms with Crippen molar-refractivity contribution >= 4 is 21.8 Å². The van der Waals surface area contributed by atoms with E-state index < -0.39 is 0 Å². The third-order valence-corrected chi connectivity index (χ3v) is 5.36. The number of benzene rings is 2. The van der Waals surface area contributed by atoms with Gasteiger partial charge in [0.25, 0.3) is 5.56 Å². The lowest BCUT2D eigenvalue weighted by molar-refractivity contribution is 0.416. The molecule has 28 heavy (non-hydrogen) atoms. The van der Waals surface area contributed by atoms with Crippen molar-refractivity contribution < 1.29 is 4.74 Å². The highest BCUT2D eigenvalue weighted by Gasteiger charge is 2.18. The average molecular weight is 373 g/mol. The zero-order valence-corrected chi connectivity index (χ0v) is 16.2. The summed E-state index contributed by atoms with van der Waals surface area (Å²) in [5, 5.41) is 1.46. The van der Waals surface area contributed by atoms with Crippen LogP contribution in [0, 0.1) is 6.92 Å². The smallest absolute Gasteiger partial charge is 0.257 e. The van der Waals surface area contributed by atoms with Gasteiger partial charge in [0.1, 0.15) is 5.75 Å². The number of pyridine rings is 2. The van der Waals surface area contributed by atoms with Crippen molar-refractivity contribution in [1.82, 2.24) is 9.97 Å². The monoisotopic (exact) mass is 373 g/mol. The molecule has 0 amide bonds. The van der Waals surface area contributed by atoms with Gasteiger partial charge >= 0.3 is 0 Å². The quantitative estimate of drug-likeness (QED) is 0.527. The lowest BCUT2D eigenvalue weighted by Crippen LogP contribution is -2.09. The summed E-state index contributed by atoms with van der Waals surface area (Å²) in [4.78, 5) is 20.1. The fourth-order valence-corrected chi connectivity index (χ4v) is 3.71. The highest BCUT2D eigenvalue weighted by Crippen LogP contribution is 2.40. The predicted molar refractivity (Wildman–Crippen MR) is 114 cm³/mol. The molecule has 0 aliphatic heterocycles. The number of nitrogens with two attached hydrogens (primary N) is 1. The normalized spacial score (nSPS) is 12.4. The van der Waals surface area contributed by atoms with Gasteiger partial charge in [-0.1, -0.05) is 31.2 Å². The van der Waals surface area contributed by atoms with Gasteiger partial charge < -0.3 is 15.5 Å². The van der Waals surface area contributed by atoms with E-state index in [1.807, 2.05) is 13.0 Å². The number of nitrogens with zero attached hydrogens (tertiary/aromatic N) is 1. The maximum absolute atomic E-state index is 12.6. The number of ether oxygens (including phenoxy) is 1. The van der Waals surface area contributed by atoms with Crippen LogP contribution in [0.3, 0.4) is 0 Å². The molecule has 2 aromatic carbocycles. The zero-order chi connectivity index (χ0) is 19.8.